The van der Waals surface area contributed by atoms with Crippen molar-refractivity contribution in [3.8, 4) is 6.07 Å². The van der Waals surface area contributed by atoms with E-state index in [0.29, 0.717) is 0 Å². The van der Waals surface area contributed by atoms with Gasteiger partial charge < -0.3 is 10.2 Å². The Balaban J connectivity index is 2.05. The molecule has 0 unspecified atom stereocenters. The molecule has 0 aromatic heterocycles. The molecule has 0 radical (unpaired) electrons. The lowest BCUT2D eigenvalue weighted by Gasteiger charge is -2.42. The van der Waals surface area contributed by atoms with E-state index in [2.05, 4.69) is 11.9 Å². The Labute approximate surface area is 115 Å². The van der Waals surface area contributed by atoms with Gasteiger partial charge in [-0.25, -0.2) is 4.39 Å². The maximum atomic E-state index is 14.2. The van der Waals surface area contributed by atoms with Crippen molar-refractivity contribution in [3.63, 3.8) is 0 Å². The fourth-order valence-electron chi connectivity index (χ4n) is 1.91. The molecule has 2 amide bonds. The lowest BCUT2D eigenvalue weighted by Crippen LogP contribution is -2.65. The van der Waals surface area contributed by atoms with Gasteiger partial charge in [0.25, 0.3) is 5.91 Å². The molecule has 1 aromatic carbocycles. The van der Waals surface area contributed by atoms with Gasteiger partial charge in [-0.3, -0.25) is 9.59 Å². The van der Waals surface area contributed by atoms with Gasteiger partial charge in [0.1, 0.15) is 6.07 Å². The Morgan fingerprint density at radius 1 is 1.45 bits per heavy atom. The van der Waals surface area contributed by atoms with Gasteiger partial charge in [-0.2, -0.15) is 5.26 Å². The average molecular weight is 273 g/mol. The zero-order valence-corrected chi connectivity index (χ0v) is 10.6. The molecule has 6 heteroatoms. The zero-order valence-electron chi connectivity index (χ0n) is 10.6. The van der Waals surface area contributed by atoms with Crippen LogP contribution in [0, 0.1) is 11.3 Å². The first kappa shape index (κ1) is 13.7. The molecule has 5 nitrogen and oxygen atoms in total. The highest BCUT2D eigenvalue weighted by molar-refractivity contribution is 6.01. The van der Waals surface area contributed by atoms with Gasteiger partial charge in [-0.1, -0.05) is 18.7 Å². The first-order valence-electron chi connectivity index (χ1n) is 5.91. The Morgan fingerprint density at radius 3 is 2.70 bits per heavy atom. The van der Waals surface area contributed by atoms with Crippen molar-refractivity contribution < 1.29 is 14.0 Å². The average Bonchev–Trinajstić information content (AvgIpc) is 2.43. The maximum Gasteiger partial charge on any atom is 0.265 e. The van der Waals surface area contributed by atoms with Gasteiger partial charge in [0.15, 0.2) is 0 Å². The van der Waals surface area contributed by atoms with Crippen molar-refractivity contribution >= 4 is 17.5 Å². The lowest BCUT2D eigenvalue weighted by molar-refractivity contribution is -0.150. The van der Waals surface area contributed by atoms with E-state index >= 15 is 0 Å². The number of carbonyl (C=O) groups is 2. The molecule has 1 aliphatic rings. The summed E-state index contributed by atoms with van der Waals surface area (Å²) in [5, 5.41) is 11.3. The topological polar surface area (TPSA) is 73.2 Å². The standard InChI is InChI=1S/C14H12FN3O2/c1-2-12(19)18-8-14(15,9-18)13(20)17-11-6-4-3-5-10(11)7-16/h2-6H,1,8-9H2,(H,17,20). The summed E-state index contributed by atoms with van der Waals surface area (Å²) in [6.07, 6.45) is 1.07. The minimum absolute atomic E-state index is 0.253. The molecule has 2 rings (SSSR count). The van der Waals surface area contributed by atoms with Gasteiger partial charge in [0, 0.05) is 0 Å². The van der Waals surface area contributed by atoms with Crippen LogP contribution in [0.15, 0.2) is 36.9 Å². The Kier molecular flexibility index (Phi) is 3.53. The third kappa shape index (κ3) is 2.38. The summed E-state index contributed by atoms with van der Waals surface area (Å²) in [5.41, 5.74) is -1.62. The predicted octanol–water partition coefficient (Wildman–Crippen LogP) is 1.23. The van der Waals surface area contributed by atoms with E-state index in [9.17, 15) is 14.0 Å². The number of amides is 2. The van der Waals surface area contributed by atoms with Crippen LogP contribution in [-0.2, 0) is 9.59 Å². The zero-order chi connectivity index (χ0) is 14.8. The molecule has 102 valence electrons. The van der Waals surface area contributed by atoms with Crippen LogP contribution >= 0.6 is 0 Å². The molecule has 1 saturated heterocycles. The Hall–Kier alpha value is -2.68. The highest BCUT2D eigenvalue weighted by Gasteiger charge is 2.51. The summed E-state index contributed by atoms with van der Waals surface area (Å²) in [6, 6.07) is 8.23. The molecule has 1 N–H and O–H groups in total. The number of likely N-dealkylation sites (tertiary alicyclic amines) is 1. The van der Waals surface area contributed by atoms with Crippen molar-refractivity contribution in [2.45, 2.75) is 5.67 Å². The number of para-hydroxylation sites is 1. The van der Waals surface area contributed by atoms with Crippen LogP contribution < -0.4 is 5.32 Å². The second-order valence-corrected chi connectivity index (χ2v) is 4.48. The second-order valence-electron chi connectivity index (χ2n) is 4.48. The number of nitriles is 1. The molecule has 20 heavy (non-hydrogen) atoms. The molecule has 1 fully saturated rings. The number of halogens is 1. The molecule has 1 heterocycles. The number of rotatable bonds is 3. The Morgan fingerprint density at radius 2 is 2.10 bits per heavy atom. The summed E-state index contributed by atoms with van der Waals surface area (Å²) >= 11 is 0. The third-order valence-electron chi connectivity index (χ3n) is 3.07. The Bertz CT molecular complexity index is 615. The number of hydrogen-bond donors (Lipinski definition) is 1. The van der Waals surface area contributed by atoms with Gasteiger partial charge >= 0.3 is 0 Å². The molecule has 0 bridgehead atoms. The largest absolute Gasteiger partial charge is 0.331 e. The van der Waals surface area contributed by atoms with Gasteiger partial charge in [0.2, 0.25) is 11.6 Å². The summed E-state index contributed by atoms with van der Waals surface area (Å²) in [7, 11) is 0. The number of alkyl halides is 1. The molecular weight excluding hydrogens is 261 g/mol. The van der Waals surface area contributed by atoms with Gasteiger partial charge in [-0.15, -0.1) is 0 Å². The van der Waals surface area contributed by atoms with Crippen LogP contribution in [0.5, 0.6) is 0 Å². The van der Waals surface area contributed by atoms with Crippen molar-refractivity contribution in [1.82, 2.24) is 4.90 Å². The molecule has 0 atom stereocenters. The number of benzene rings is 1. The van der Waals surface area contributed by atoms with Crippen molar-refractivity contribution in [3.05, 3.63) is 42.5 Å². The van der Waals surface area contributed by atoms with E-state index in [4.69, 9.17) is 5.26 Å². The van der Waals surface area contributed by atoms with Crippen LogP contribution in [0.2, 0.25) is 0 Å². The molecule has 0 aliphatic carbocycles. The number of nitrogens with one attached hydrogen (secondary N) is 1. The van der Waals surface area contributed by atoms with Gasteiger partial charge in [0.05, 0.1) is 24.3 Å². The van der Waals surface area contributed by atoms with E-state index < -0.39 is 17.5 Å². The van der Waals surface area contributed by atoms with E-state index in [1.807, 2.05) is 6.07 Å². The summed E-state index contributed by atoms with van der Waals surface area (Å²) in [5.74, 6) is -1.27. The summed E-state index contributed by atoms with van der Waals surface area (Å²) < 4.78 is 14.2. The molecule has 0 saturated carbocycles. The van der Waals surface area contributed by atoms with Crippen molar-refractivity contribution in [1.29, 1.82) is 5.26 Å². The summed E-state index contributed by atoms with van der Waals surface area (Å²) in [6.45, 7) is 2.68. The predicted molar refractivity (Wildman–Crippen MR) is 70.4 cm³/mol. The van der Waals surface area contributed by atoms with Crippen LogP contribution in [-0.4, -0.2) is 35.5 Å². The van der Waals surface area contributed by atoms with E-state index in [1.54, 1.807) is 12.1 Å². The highest BCUT2D eigenvalue weighted by Crippen LogP contribution is 2.28. The van der Waals surface area contributed by atoms with Crippen LogP contribution in [0.4, 0.5) is 10.1 Å². The van der Waals surface area contributed by atoms with Crippen LogP contribution in [0.1, 0.15) is 5.56 Å². The smallest absolute Gasteiger partial charge is 0.265 e. The van der Waals surface area contributed by atoms with E-state index in [-0.39, 0.29) is 24.3 Å². The van der Waals surface area contributed by atoms with Crippen molar-refractivity contribution in [2.24, 2.45) is 0 Å². The van der Waals surface area contributed by atoms with Crippen LogP contribution in [0.25, 0.3) is 0 Å². The number of nitrogens with zero attached hydrogens (tertiary/aromatic N) is 2. The fourth-order valence-corrected chi connectivity index (χ4v) is 1.91. The fraction of sp³-hybridized carbons (Fsp3) is 0.214. The number of carbonyl (C=O) groups excluding carboxylic acids is 2. The molecule has 1 aliphatic heterocycles. The molecular formula is C14H12FN3O2. The maximum absolute atomic E-state index is 14.2. The lowest BCUT2D eigenvalue weighted by atomic mass is 9.94. The minimum atomic E-state index is -2.12. The SMILES string of the molecule is C=CC(=O)N1CC(F)(C(=O)Nc2ccccc2C#N)C1. The van der Waals surface area contributed by atoms with Crippen molar-refractivity contribution in [2.75, 3.05) is 18.4 Å². The van der Waals surface area contributed by atoms with E-state index in [1.165, 1.54) is 17.0 Å². The van der Waals surface area contributed by atoms with E-state index in [0.717, 1.165) is 6.08 Å². The van der Waals surface area contributed by atoms with Gasteiger partial charge in [-0.05, 0) is 18.2 Å². The van der Waals surface area contributed by atoms with Crippen LogP contribution in [0.3, 0.4) is 0 Å². The normalized spacial score (nSPS) is 15.7. The molecule has 1 aromatic rings. The first-order chi connectivity index (χ1) is 9.50. The first-order valence-corrected chi connectivity index (χ1v) is 5.91. The molecule has 0 spiro atoms. The third-order valence-corrected chi connectivity index (χ3v) is 3.07. The second kappa shape index (κ2) is 5.13. The monoisotopic (exact) mass is 273 g/mol. The number of anilines is 1. The number of hydrogen-bond acceptors (Lipinski definition) is 3. The summed E-state index contributed by atoms with van der Waals surface area (Å²) in [4.78, 5) is 24.3. The minimum Gasteiger partial charge on any atom is -0.331 e. The quantitative estimate of drug-likeness (QED) is 0.842. The highest BCUT2D eigenvalue weighted by atomic mass is 19.1.